The van der Waals surface area contributed by atoms with Gasteiger partial charge in [0.1, 0.15) is 22.3 Å². The standard InChI is InChI=1S/C65H53BN2O2/c1-40-36-58-62-59(37-40)68(47-32-26-43(27-33-47)49-19-13-21-53-51-17-9-11-23-61(51)70-64(49)53)57-39-45(65(2,3)4)29-35-55(57)66(62)54-34-28-44(41-14-6-5-7-15-41)38-56(54)67(58)46-30-24-42(25-31-46)48-18-12-20-52-50-16-8-10-22-60(50)69-63(48)52/h8-13,16-39,41H,5-7,14-15H2,1-4H3. The monoisotopic (exact) mass is 904 g/mol. The summed E-state index contributed by atoms with van der Waals surface area (Å²) in [6.45, 7) is 9.30. The van der Waals surface area contributed by atoms with E-state index in [-0.39, 0.29) is 12.1 Å². The summed E-state index contributed by atoms with van der Waals surface area (Å²) in [5, 5.41) is 4.58. The van der Waals surface area contributed by atoms with Crippen molar-refractivity contribution in [2.45, 2.75) is 71.1 Å². The van der Waals surface area contributed by atoms with Crippen LogP contribution in [0.15, 0.2) is 191 Å². The molecule has 3 aliphatic rings. The summed E-state index contributed by atoms with van der Waals surface area (Å²) in [5.41, 5.74) is 23.5. The fraction of sp³-hybridized carbons (Fsp3) is 0.169. The number of hydrogen-bond acceptors (Lipinski definition) is 4. The van der Waals surface area contributed by atoms with E-state index in [2.05, 4.69) is 207 Å². The lowest BCUT2D eigenvalue weighted by Crippen LogP contribution is -2.61. The molecule has 0 atom stereocenters. The Morgan fingerprint density at radius 3 is 1.51 bits per heavy atom. The van der Waals surface area contributed by atoms with Gasteiger partial charge < -0.3 is 18.6 Å². The number of aryl methyl sites for hydroxylation is 1. The number of fused-ring (bicyclic) bond motifs is 10. The zero-order chi connectivity index (χ0) is 46.8. The van der Waals surface area contributed by atoms with Gasteiger partial charge in [-0.3, -0.25) is 0 Å². The highest BCUT2D eigenvalue weighted by Crippen LogP contribution is 2.48. The SMILES string of the molecule is Cc1cc2c3c(c1)N(c1ccc(-c4cccc5c4oc4ccccc45)cc1)c1cc(C(C)(C)C)ccc1B3c1ccc(C3CCCCC3)cc1N2c1ccc(-c2cccc3c2oc2ccccc23)cc1. The highest BCUT2D eigenvalue weighted by atomic mass is 16.3. The summed E-state index contributed by atoms with van der Waals surface area (Å²) in [6, 6.07) is 67.8. The van der Waals surface area contributed by atoms with Crippen LogP contribution in [0.3, 0.4) is 0 Å². The first-order chi connectivity index (χ1) is 34.2. The van der Waals surface area contributed by atoms with Crippen LogP contribution in [-0.2, 0) is 5.41 Å². The van der Waals surface area contributed by atoms with Gasteiger partial charge in [-0.15, -0.1) is 0 Å². The van der Waals surface area contributed by atoms with Gasteiger partial charge in [-0.05, 0) is 136 Å². The average Bonchev–Trinajstić information content (AvgIpc) is 3.97. The summed E-state index contributed by atoms with van der Waals surface area (Å²) < 4.78 is 13.1. The van der Waals surface area contributed by atoms with Crippen molar-refractivity contribution in [2.24, 2.45) is 0 Å². The lowest BCUT2D eigenvalue weighted by molar-refractivity contribution is 0.444. The molecular weight excluding hydrogens is 852 g/mol. The largest absolute Gasteiger partial charge is 0.455 e. The Balaban J connectivity index is 0.954. The lowest BCUT2D eigenvalue weighted by atomic mass is 9.33. The lowest BCUT2D eigenvalue weighted by Gasteiger charge is -2.45. The maximum Gasteiger partial charge on any atom is 0.252 e. The van der Waals surface area contributed by atoms with E-state index in [1.807, 2.05) is 12.1 Å². The molecule has 0 bridgehead atoms. The highest BCUT2D eigenvalue weighted by molar-refractivity contribution is 7.00. The van der Waals surface area contributed by atoms with Crippen LogP contribution in [0.4, 0.5) is 34.1 Å². The third-order valence-electron chi connectivity index (χ3n) is 15.9. The molecule has 1 fully saturated rings. The van der Waals surface area contributed by atoms with Crippen LogP contribution in [0.25, 0.3) is 66.1 Å². The average molecular weight is 905 g/mol. The van der Waals surface area contributed by atoms with E-state index in [9.17, 15) is 0 Å². The number of nitrogens with zero attached hydrogens (tertiary/aromatic N) is 2. The Morgan fingerprint density at radius 2 is 0.971 bits per heavy atom. The van der Waals surface area contributed by atoms with Gasteiger partial charge in [-0.1, -0.05) is 161 Å². The number of anilines is 6. The van der Waals surface area contributed by atoms with E-state index in [1.54, 1.807) is 0 Å². The topological polar surface area (TPSA) is 32.8 Å². The smallest absolute Gasteiger partial charge is 0.252 e. The molecule has 1 saturated carbocycles. The number of rotatable bonds is 5. The summed E-state index contributed by atoms with van der Waals surface area (Å²) in [5.74, 6) is 0.576. The molecule has 338 valence electrons. The van der Waals surface area contributed by atoms with Gasteiger partial charge in [0.25, 0.3) is 6.71 Å². The van der Waals surface area contributed by atoms with E-state index in [0.717, 1.165) is 77.5 Å². The predicted octanol–water partition coefficient (Wildman–Crippen LogP) is 16.6. The maximum atomic E-state index is 6.54. The van der Waals surface area contributed by atoms with Crippen molar-refractivity contribution in [3.63, 3.8) is 0 Å². The molecule has 14 rings (SSSR count). The zero-order valence-corrected chi connectivity index (χ0v) is 40.2. The molecule has 0 N–H and O–H groups in total. The van der Waals surface area contributed by atoms with Crippen molar-refractivity contribution >= 4 is 101 Å². The van der Waals surface area contributed by atoms with E-state index in [1.165, 1.54) is 87.9 Å². The molecule has 70 heavy (non-hydrogen) atoms. The first-order valence-electron chi connectivity index (χ1n) is 25.3. The van der Waals surface area contributed by atoms with Crippen LogP contribution in [0.2, 0.25) is 0 Å². The van der Waals surface area contributed by atoms with E-state index < -0.39 is 0 Å². The molecule has 0 radical (unpaired) electrons. The summed E-state index contributed by atoms with van der Waals surface area (Å²) in [7, 11) is 0. The second-order valence-corrected chi connectivity index (χ2v) is 21.2. The highest BCUT2D eigenvalue weighted by Gasteiger charge is 2.44. The van der Waals surface area contributed by atoms with Crippen molar-refractivity contribution in [3.05, 3.63) is 199 Å². The Morgan fingerprint density at radius 1 is 0.471 bits per heavy atom. The number of benzene rings is 9. The minimum absolute atomic E-state index is 0.0356. The van der Waals surface area contributed by atoms with Crippen LogP contribution < -0.4 is 26.2 Å². The van der Waals surface area contributed by atoms with Gasteiger partial charge in [0.15, 0.2) is 0 Å². The van der Waals surface area contributed by atoms with Gasteiger partial charge in [0, 0.05) is 66.8 Å². The molecule has 0 spiro atoms. The Bertz CT molecular complexity index is 3880. The van der Waals surface area contributed by atoms with Crippen LogP contribution in [0.1, 0.15) is 75.5 Å². The molecule has 11 aromatic rings. The normalized spacial score (nSPS) is 14.7. The second-order valence-electron chi connectivity index (χ2n) is 21.2. The minimum atomic E-state index is -0.0356. The van der Waals surface area contributed by atoms with E-state index in [4.69, 9.17) is 8.83 Å². The van der Waals surface area contributed by atoms with Crippen LogP contribution >= 0.6 is 0 Å². The minimum Gasteiger partial charge on any atom is -0.455 e. The zero-order valence-electron chi connectivity index (χ0n) is 40.2. The molecule has 4 nitrogen and oxygen atoms in total. The fourth-order valence-corrected chi connectivity index (χ4v) is 12.4. The number of hydrogen-bond donors (Lipinski definition) is 0. The third kappa shape index (κ3) is 6.37. The molecule has 4 heterocycles. The van der Waals surface area contributed by atoms with Crippen molar-refractivity contribution in [3.8, 4) is 22.3 Å². The quantitative estimate of drug-likeness (QED) is 0.161. The Hall–Kier alpha value is -7.76. The van der Waals surface area contributed by atoms with Gasteiger partial charge in [0.2, 0.25) is 0 Å². The maximum absolute atomic E-state index is 6.54. The Labute approximate surface area is 409 Å². The predicted molar refractivity (Wildman–Crippen MR) is 295 cm³/mol. The summed E-state index contributed by atoms with van der Waals surface area (Å²) in [4.78, 5) is 5.13. The molecule has 1 aliphatic carbocycles. The first-order valence-corrected chi connectivity index (χ1v) is 25.3. The van der Waals surface area contributed by atoms with Gasteiger partial charge >= 0.3 is 0 Å². The molecule has 2 aromatic heterocycles. The van der Waals surface area contributed by atoms with E-state index >= 15 is 0 Å². The van der Waals surface area contributed by atoms with Crippen LogP contribution in [0, 0.1) is 6.92 Å². The van der Waals surface area contributed by atoms with Crippen molar-refractivity contribution in [1.82, 2.24) is 0 Å². The Kier molecular flexibility index (Phi) is 9.21. The fourth-order valence-electron chi connectivity index (χ4n) is 12.4. The van der Waals surface area contributed by atoms with Crippen molar-refractivity contribution < 1.29 is 8.83 Å². The number of furan rings is 2. The molecule has 5 heteroatoms. The van der Waals surface area contributed by atoms with Gasteiger partial charge in [0.05, 0.1) is 0 Å². The van der Waals surface area contributed by atoms with Gasteiger partial charge in [-0.25, -0.2) is 0 Å². The second kappa shape index (κ2) is 15.6. The molecule has 0 saturated heterocycles. The van der Waals surface area contributed by atoms with Crippen molar-refractivity contribution in [2.75, 3.05) is 9.80 Å². The molecule has 0 amide bonds. The summed E-state index contributed by atoms with van der Waals surface area (Å²) >= 11 is 0. The molecule has 9 aromatic carbocycles. The van der Waals surface area contributed by atoms with Crippen LogP contribution in [-0.4, -0.2) is 6.71 Å². The first kappa shape index (κ1) is 41.2. The molecule has 0 unspecified atom stereocenters. The van der Waals surface area contributed by atoms with Crippen LogP contribution in [0.5, 0.6) is 0 Å². The van der Waals surface area contributed by atoms with Gasteiger partial charge in [-0.2, -0.15) is 0 Å². The molecular formula is C65H53BN2O2. The molecule has 2 aliphatic heterocycles. The van der Waals surface area contributed by atoms with E-state index in [0.29, 0.717) is 5.92 Å². The summed E-state index contributed by atoms with van der Waals surface area (Å²) in [6.07, 6.45) is 6.44. The third-order valence-corrected chi connectivity index (χ3v) is 15.9. The number of para-hydroxylation sites is 4. The van der Waals surface area contributed by atoms with Crippen molar-refractivity contribution in [1.29, 1.82) is 0 Å².